The first kappa shape index (κ1) is 28.8. The normalized spacial score (nSPS) is 12.5. The number of aromatic nitrogens is 5. The predicted molar refractivity (Wildman–Crippen MR) is 152 cm³/mol. The summed E-state index contributed by atoms with van der Waals surface area (Å²) in [5.41, 5.74) is 5.99. The summed E-state index contributed by atoms with van der Waals surface area (Å²) in [5, 5.41) is 25.2. The lowest BCUT2D eigenvalue weighted by Crippen LogP contribution is -2.11. The van der Waals surface area contributed by atoms with E-state index in [1.54, 1.807) is 17.9 Å². The first-order chi connectivity index (χ1) is 18.7. The van der Waals surface area contributed by atoms with Crippen molar-refractivity contribution in [1.82, 2.24) is 24.3 Å². The van der Waals surface area contributed by atoms with Crippen molar-refractivity contribution >= 4 is 29.9 Å². The van der Waals surface area contributed by atoms with E-state index in [1.165, 1.54) is 0 Å². The lowest BCUT2D eigenvalue weighted by molar-refractivity contribution is -0.122. The molecule has 3 heterocycles. The molecule has 4 rings (SSSR count). The molecule has 4 aromatic rings. The van der Waals surface area contributed by atoms with Crippen LogP contribution in [0.2, 0.25) is 0 Å². The van der Waals surface area contributed by atoms with Gasteiger partial charge in [-0.1, -0.05) is 0 Å². The van der Waals surface area contributed by atoms with Crippen molar-refractivity contribution in [1.29, 1.82) is 0 Å². The van der Waals surface area contributed by atoms with Gasteiger partial charge in [-0.3, -0.25) is 14.4 Å². The molecule has 0 amide bonds. The number of nitrogens with one attached hydrogen (secondary N) is 1. The maximum absolute atomic E-state index is 10.4. The Morgan fingerprint density at radius 2 is 1.97 bits per heavy atom. The molecule has 3 N–H and O–H groups in total. The van der Waals surface area contributed by atoms with Crippen LogP contribution in [0.4, 0.5) is 5.69 Å². The summed E-state index contributed by atoms with van der Waals surface area (Å²) in [7, 11) is 0. The number of pyridine rings is 1. The Hall–Kier alpha value is -4.77. The van der Waals surface area contributed by atoms with Crippen LogP contribution in [0, 0.1) is 6.92 Å². The summed E-state index contributed by atoms with van der Waals surface area (Å²) in [6.07, 6.45) is 4.89. The second kappa shape index (κ2) is 13.2. The zero-order valence-electron chi connectivity index (χ0n) is 22.7. The minimum Gasteiger partial charge on any atom is -0.483 e. The Kier molecular flexibility index (Phi) is 9.71. The van der Waals surface area contributed by atoms with Crippen LogP contribution >= 0.6 is 0 Å². The number of fused-ring (bicyclic) bond motifs is 1. The highest BCUT2D eigenvalue weighted by Crippen LogP contribution is 2.27. The number of aliphatic hydroxyl groups is 1. The van der Waals surface area contributed by atoms with E-state index in [4.69, 9.17) is 19.6 Å². The van der Waals surface area contributed by atoms with Crippen LogP contribution in [0.1, 0.15) is 45.1 Å². The number of rotatable bonds is 9. The van der Waals surface area contributed by atoms with E-state index in [0.29, 0.717) is 29.7 Å². The number of ether oxygens (including phenoxy) is 1. The fourth-order valence-corrected chi connectivity index (χ4v) is 3.80. The number of carbonyl (C=O) groups is 1. The van der Waals surface area contributed by atoms with Crippen molar-refractivity contribution in [2.45, 2.75) is 40.7 Å². The van der Waals surface area contributed by atoms with E-state index in [9.17, 15) is 5.11 Å². The number of aliphatic imine (C=N–C) groups is 1. The highest BCUT2D eigenvalue weighted by atomic mass is 16.5. The van der Waals surface area contributed by atoms with Gasteiger partial charge in [0.05, 0.1) is 23.7 Å². The molecule has 1 atom stereocenters. The van der Waals surface area contributed by atoms with Gasteiger partial charge in [-0.05, 0) is 83.8 Å². The number of nitrogens with zero attached hydrogens (tertiary/aromatic N) is 6. The van der Waals surface area contributed by atoms with Crippen LogP contribution in [0.25, 0.3) is 22.7 Å². The van der Waals surface area contributed by atoms with Gasteiger partial charge in [0.15, 0.2) is 5.82 Å². The van der Waals surface area contributed by atoms with E-state index in [0.717, 1.165) is 33.8 Å². The maximum atomic E-state index is 10.4. The number of anilines is 1. The third kappa shape index (κ3) is 6.96. The standard InChI is InChI=1S/C27H31N7O2.CH2O2/c1-7-36-26-14-19(4)34(32-26)27-22(20(5)35)11-13-25(31-27)33-16-29-23-15-21(10-12-24(23)33)30-18(3)9-8-17(2)28-6;2-1-3/h8-16,20,30,35H,6-7H2,1-5H3;1H,(H,2,3)/b17-8-,18-9+;. The summed E-state index contributed by atoms with van der Waals surface area (Å²) in [4.78, 5) is 21.7. The van der Waals surface area contributed by atoms with Crippen LogP contribution in [0.3, 0.4) is 0 Å². The molecule has 0 aliphatic carbocycles. The Bertz CT molecular complexity index is 1520. The molecule has 0 aliphatic rings. The number of allylic oxidation sites excluding steroid dienone is 4. The average molecular weight is 532 g/mol. The fraction of sp³-hybridized carbons (Fsp3) is 0.250. The number of aliphatic hydroxyl groups excluding tert-OH is 1. The minimum atomic E-state index is -0.717. The first-order valence-electron chi connectivity index (χ1n) is 12.2. The quantitative estimate of drug-likeness (QED) is 0.156. The largest absolute Gasteiger partial charge is 0.483 e. The van der Waals surface area contributed by atoms with Crippen LogP contribution in [0.15, 0.2) is 71.3 Å². The number of hydrogen-bond donors (Lipinski definition) is 3. The van der Waals surface area contributed by atoms with Gasteiger partial charge < -0.3 is 20.3 Å². The molecule has 204 valence electrons. The van der Waals surface area contributed by atoms with Crippen molar-refractivity contribution in [2.24, 2.45) is 4.99 Å². The molecule has 0 spiro atoms. The maximum Gasteiger partial charge on any atom is 0.290 e. The van der Waals surface area contributed by atoms with Gasteiger partial charge in [-0.2, -0.15) is 0 Å². The summed E-state index contributed by atoms with van der Waals surface area (Å²) in [6, 6.07) is 11.6. The molecule has 11 heteroatoms. The Morgan fingerprint density at radius 3 is 2.64 bits per heavy atom. The summed E-state index contributed by atoms with van der Waals surface area (Å²) in [6.45, 7) is 13.2. The smallest absolute Gasteiger partial charge is 0.290 e. The van der Waals surface area contributed by atoms with Crippen molar-refractivity contribution < 1.29 is 19.7 Å². The number of hydrogen-bond acceptors (Lipinski definition) is 8. The van der Waals surface area contributed by atoms with E-state index in [2.05, 4.69) is 27.1 Å². The lowest BCUT2D eigenvalue weighted by atomic mass is 10.1. The van der Waals surface area contributed by atoms with Crippen LogP contribution < -0.4 is 10.1 Å². The highest BCUT2D eigenvalue weighted by Gasteiger charge is 2.18. The third-order valence-corrected chi connectivity index (χ3v) is 5.66. The molecule has 1 aromatic carbocycles. The zero-order chi connectivity index (χ0) is 28.5. The van der Waals surface area contributed by atoms with Crippen LogP contribution in [-0.2, 0) is 4.79 Å². The molecule has 0 fully saturated rings. The zero-order valence-corrected chi connectivity index (χ0v) is 22.7. The van der Waals surface area contributed by atoms with Gasteiger partial charge in [0.1, 0.15) is 12.1 Å². The fourth-order valence-electron chi connectivity index (χ4n) is 3.80. The molecule has 39 heavy (non-hydrogen) atoms. The number of carboxylic acid groups (broad SMARTS) is 1. The second-order valence-corrected chi connectivity index (χ2v) is 8.59. The molecular formula is C28H33N7O4. The van der Waals surface area contributed by atoms with Gasteiger partial charge in [0.25, 0.3) is 6.47 Å². The van der Waals surface area contributed by atoms with E-state index in [-0.39, 0.29) is 6.47 Å². The minimum absolute atomic E-state index is 0.250. The van der Waals surface area contributed by atoms with Crippen molar-refractivity contribution in [3.8, 4) is 17.5 Å². The topological polar surface area (TPSA) is 140 Å². The van der Waals surface area contributed by atoms with Crippen LogP contribution in [0.5, 0.6) is 5.88 Å². The number of aryl methyl sites for hydroxylation is 1. The van der Waals surface area contributed by atoms with Crippen molar-refractivity contribution in [2.75, 3.05) is 11.9 Å². The Morgan fingerprint density at radius 1 is 1.23 bits per heavy atom. The number of benzene rings is 1. The SMILES string of the molecule is C=N/C(C)=C\C=C(/C)Nc1ccc2c(c1)ncn2-c1ccc(C(C)O)c(-n2nc(OCC)cc2C)n1.O=CO. The van der Waals surface area contributed by atoms with Gasteiger partial charge in [0.2, 0.25) is 5.88 Å². The summed E-state index contributed by atoms with van der Waals surface area (Å²) in [5.74, 6) is 1.73. The molecule has 0 bridgehead atoms. The van der Waals surface area contributed by atoms with Crippen LogP contribution in [-0.4, -0.2) is 54.3 Å². The third-order valence-electron chi connectivity index (χ3n) is 5.66. The molecule has 0 saturated carbocycles. The van der Waals surface area contributed by atoms with Crippen molar-refractivity contribution in [3.63, 3.8) is 0 Å². The summed E-state index contributed by atoms with van der Waals surface area (Å²) >= 11 is 0. The van der Waals surface area contributed by atoms with E-state index >= 15 is 0 Å². The van der Waals surface area contributed by atoms with Gasteiger partial charge in [-0.15, -0.1) is 5.10 Å². The van der Waals surface area contributed by atoms with Gasteiger partial charge in [-0.25, -0.2) is 14.6 Å². The number of imidazole rings is 1. The molecular weight excluding hydrogens is 498 g/mol. The molecule has 3 aromatic heterocycles. The summed E-state index contributed by atoms with van der Waals surface area (Å²) < 4.78 is 9.18. The Labute approximate surface area is 226 Å². The first-order valence-corrected chi connectivity index (χ1v) is 12.2. The highest BCUT2D eigenvalue weighted by molar-refractivity contribution is 5.81. The van der Waals surface area contributed by atoms with Gasteiger partial charge >= 0.3 is 0 Å². The van der Waals surface area contributed by atoms with Gasteiger partial charge in [0, 0.05) is 34.4 Å². The predicted octanol–water partition coefficient (Wildman–Crippen LogP) is 4.99. The Balaban J connectivity index is 0.00000134. The average Bonchev–Trinajstić information content (AvgIpc) is 3.50. The van der Waals surface area contributed by atoms with E-state index < -0.39 is 6.10 Å². The molecule has 0 saturated heterocycles. The van der Waals surface area contributed by atoms with Crippen molar-refractivity contribution in [3.05, 3.63) is 77.5 Å². The molecule has 0 radical (unpaired) electrons. The lowest BCUT2D eigenvalue weighted by Gasteiger charge is -2.14. The molecule has 0 aliphatic heterocycles. The molecule has 11 nitrogen and oxygen atoms in total. The molecule has 1 unspecified atom stereocenters. The monoisotopic (exact) mass is 531 g/mol. The second-order valence-electron chi connectivity index (χ2n) is 8.59. The van der Waals surface area contributed by atoms with E-state index in [1.807, 2.05) is 80.8 Å².